The molecule has 0 spiro atoms. The highest BCUT2D eigenvalue weighted by Gasteiger charge is 2.06. The predicted molar refractivity (Wildman–Crippen MR) is 88.3 cm³/mol. The summed E-state index contributed by atoms with van der Waals surface area (Å²) in [6.45, 7) is 0. The minimum Gasteiger partial charge on any atom is -0.324 e. The number of hydrogen-bond acceptors (Lipinski definition) is 1. The largest absolute Gasteiger partial charge is 0.324 e. The highest BCUT2D eigenvalue weighted by atomic mass is 79.9. The molecule has 0 saturated heterocycles. The maximum Gasteiger partial charge on any atom is 0.0335 e. The first-order chi connectivity index (χ1) is 8.79. The third-order valence-electron chi connectivity index (χ3n) is 3.09. The lowest BCUT2D eigenvalue weighted by Gasteiger charge is -2.12. The molecule has 2 aromatic carbocycles. The quantitative estimate of drug-likeness (QED) is 0.807. The van der Waals surface area contributed by atoms with Crippen LogP contribution in [0.5, 0.6) is 0 Å². The molecule has 1 nitrogen and oxygen atoms in total. The molecule has 0 radical (unpaired) electrons. The Hall–Kier alpha value is -0.830. The van der Waals surface area contributed by atoms with E-state index in [0.29, 0.717) is 0 Å². The Morgan fingerprint density at radius 1 is 0.895 bits per heavy atom. The monoisotopic (exact) mass is 339 g/mol. The molecule has 0 amide bonds. The molecule has 3 heteroatoms. The van der Waals surface area contributed by atoms with Gasteiger partial charge in [0.25, 0.3) is 0 Å². The SMILES string of the molecule is Cl.N[C@@H](Cc1ccccc1)c1ccc(CCBr)cc1. The molecule has 0 aliphatic rings. The van der Waals surface area contributed by atoms with E-state index in [9.17, 15) is 0 Å². The van der Waals surface area contributed by atoms with Crippen LogP contribution in [0, 0.1) is 0 Å². The number of nitrogens with two attached hydrogens (primary N) is 1. The highest BCUT2D eigenvalue weighted by Crippen LogP contribution is 2.17. The Bertz CT molecular complexity index is 470. The molecule has 0 aliphatic heterocycles. The van der Waals surface area contributed by atoms with Crippen LogP contribution < -0.4 is 5.73 Å². The standard InChI is InChI=1S/C16H18BrN.ClH/c17-11-10-13-6-8-15(9-7-13)16(18)12-14-4-2-1-3-5-14;/h1-9,16H,10-12,18H2;1H/t16-;/m0./s1. The third kappa shape index (κ3) is 4.98. The Balaban J connectivity index is 0.00000180. The van der Waals surface area contributed by atoms with E-state index in [1.807, 2.05) is 6.07 Å². The molecule has 0 fully saturated rings. The van der Waals surface area contributed by atoms with Crippen molar-refractivity contribution in [3.63, 3.8) is 0 Å². The fourth-order valence-corrected chi connectivity index (χ4v) is 2.48. The zero-order valence-electron chi connectivity index (χ0n) is 10.8. The Kier molecular flexibility index (Phi) is 7.14. The first-order valence-electron chi connectivity index (χ1n) is 6.24. The smallest absolute Gasteiger partial charge is 0.0335 e. The number of aryl methyl sites for hydroxylation is 1. The molecule has 102 valence electrons. The summed E-state index contributed by atoms with van der Waals surface area (Å²) in [4.78, 5) is 0. The van der Waals surface area contributed by atoms with Crippen molar-refractivity contribution in [3.8, 4) is 0 Å². The number of benzene rings is 2. The number of halogens is 2. The van der Waals surface area contributed by atoms with E-state index < -0.39 is 0 Å². The zero-order valence-corrected chi connectivity index (χ0v) is 13.2. The van der Waals surface area contributed by atoms with Crippen molar-refractivity contribution in [1.82, 2.24) is 0 Å². The average Bonchev–Trinajstić information content (AvgIpc) is 2.41. The summed E-state index contributed by atoms with van der Waals surface area (Å²) in [5.41, 5.74) is 10.1. The number of hydrogen-bond donors (Lipinski definition) is 1. The minimum absolute atomic E-state index is 0. The van der Waals surface area contributed by atoms with Crippen molar-refractivity contribution in [2.75, 3.05) is 5.33 Å². The molecule has 0 saturated carbocycles. The first-order valence-corrected chi connectivity index (χ1v) is 7.36. The number of alkyl halides is 1. The van der Waals surface area contributed by atoms with Gasteiger partial charge in [-0.2, -0.15) is 0 Å². The second kappa shape index (κ2) is 8.36. The van der Waals surface area contributed by atoms with Gasteiger partial charge in [0.05, 0.1) is 0 Å². The topological polar surface area (TPSA) is 26.0 Å². The van der Waals surface area contributed by atoms with Crippen molar-refractivity contribution in [3.05, 3.63) is 71.3 Å². The molecule has 2 aromatic rings. The van der Waals surface area contributed by atoms with E-state index in [1.54, 1.807) is 0 Å². The molecule has 0 bridgehead atoms. The van der Waals surface area contributed by atoms with Crippen LogP contribution in [0.3, 0.4) is 0 Å². The summed E-state index contributed by atoms with van der Waals surface area (Å²) in [7, 11) is 0. The second-order valence-corrected chi connectivity index (χ2v) is 5.27. The van der Waals surface area contributed by atoms with Gasteiger partial charge in [0.1, 0.15) is 0 Å². The summed E-state index contributed by atoms with van der Waals surface area (Å²) in [5.74, 6) is 0. The van der Waals surface area contributed by atoms with Gasteiger partial charge in [-0.15, -0.1) is 12.4 Å². The van der Waals surface area contributed by atoms with E-state index in [2.05, 4.69) is 64.5 Å². The van der Waals surface area contributed by atoms with Crippen molar-refractivity contribution in [2.45, 2.75) is 18.9 Å². The normalized spacial score (nSPS) is 11.7. The van der Waals surface area contributed by atoms with Crippen LogP contribution >= 0.6 is 28.3 Å². The molecular formula is C16H19BrClN. The van der Waals surface area contributed by atoms with Gasteiger partial charge in [0.15, 0.2) is 0 Å². The summed E-state index contributed by atoms with van der Waals surface area (Å²) >= 11 is 3.45. The Morgan fingerprint density at radius 3 is 2.11 bits per heavy atom. The van der Waals surface area contributed by atoms with Crippen molar-refractivity contribution >= 4 is 28.3 Å². The fourth-order valence-electron chi connectivity index (χ4n) is 2.03. The van der Waals surface area contributed by atoms with Gasteiger partial charge in [0, 0.05) is 11.4 Å². The zero-order chi connectivity index (χ0) is 12.8. The van der Waals surface area contributed by atoms with E-state index in [4.69, 9.17) is 5.73 Å². The van der Waals surface area contributed by atoms with Crippen LogP contribution in [0.2, 0.25) is 0 Å². The molecule has 0 heterocycles. The van der Waals surface area contributed by atoms with Crippen LogP contribution in [0.4, 0.5) is 0 Å². The summed E-state index contributed by atoms with van der Waals surface area (Å²) in [5, 5.41) is 1.00. The van der Waals surface area contributed by atoms with Gasteiger partial charge in [-0.25, -0.2) is 0 Å². The van der Waals surface area contributed by atoms with Gasteiger partial charge < -0.3 is 5.73 Å². The lowest BCUT2D eigenvalue weighted by molar-refractivity contribution is 0.721. The Labute approximate surface area is 129 Å². The lowest BCUT2D eigenvalue weighted by atomic mass is 9.98. The molecule has 0 unspecified atom stereocenters. The molecule has 1 atom stereocenters. The molecule has 2 rings (SSSR count). The van der Waals surface area contributed by atoms with Crippen LogP contribution in [0.15, 0.2) is 54.6 Å². The summed E-state index contributed by atoms with van der Waals surface area (Å²) < 4.78 is 0. The van der Waals surface area contributed by atoms with Gasteiger partial charge in [-0.3, -0.25) is 0 Å². The van der Waals surface area contributed by atoms with Gasteiger partial charge in [-0.05, 0) is 29.5 Å². The van der Waals surface area contributed by atoms with Crippen LogP contribution in [-0.4, -0.2) is 5.33 Å². The van der Waals surface area contributed by atoms with Gasteiger partial charge >= 0.3 is 0 Å². The highest BCUT2D eigenvalue weighted by molar-refractivity contribution is 9.09. The van der Waals surface area contributed by atoms with Gasteiger partial charge in [-0.1, -0.05) is 70.5 Å². The maximum absolute atomic E-state index is 6.24. The maximum atomic E-state index is 6.24. The number of rotatable bonds is 5. The molecule has 2 N–H and O–H groups in total. The summed E-state index contributed by atoms with van der Waals surface area (Å²) in [6.07, 6.45) is 1.95. The van der Waals surface area contributed by atoms with E-state index in [-0.39, 0.29) is 18.4 Å². The van der Waals surface area contributed by atoms with E-state index >= 15 is 0 Å². The van der Waals surface area contributed by atoms with Crippen molar-refractivity contribution in [2.24, 2.45) is 5.73 Å². The molecule has 19 heavy (non-hydrogen) atoms. The average molecular weight is 341 g/mol. The Morgan fingerprint density at radius 2 is 1.53 bits per heavy atom. The first kappa shape index (κ1) is 16.2. The molecule has 0 aromatic heterocycles. The molecular weight excluding hydrogens is 322 g/mol. The molecule has 0 aliphatic carbocycles. The van der Waals surface area contributed by atoms with Crippen LogP contribution in [-0.2, 0) is 12.8 Å². The van der Waals surface area contributed by atoms with Crippen LogP contribution in [0.1, 0.15) is 22.7 Å². The van der Waals surface area contributed by atoms with Crippen molar-refractivity contribution in [1.29, 1.82) is 0 Å². The van der Waals surface area contributed by atoms with E-state index in [0.717, 1.165) is 18.2 Å². The van der Waals surface area contributed by atoms with Crippen molar-refractivity contribution < 1.29 is 0 Å². The fraction of sp³-hybridized carbons (Fsp3) is 0.250. The van der Waals surface area contributed by atoms with Crippen LogP contribution in [0.25, 0.3) is 0 Å². The predicted octanol–water partition coefficient (Wildman–Crippen LogP) is 4.29. The minimum atomic E-state index is 0. The third-order valence-corrected chi connectivity index (χ3v) is 3.49. The second-order valence-electron chi connectivity index (χ2n) is 4.48. The lowest BCUT2D eigenvalue weighted by Crippen LogP contribution is -2.13. The summed E-state index contributed by atoms with van der Waals surface area (Å²) in [6, 6.07) is 19.1. The van der Waals surface area contributed by atoms with E-state index in [1.165, 1.54) is 16.7 Å². The van der Waals surface area contributed by atoms with Gasteiger partial charge in [0.2, 0.25) is 0 Å².